The van der Waals surface area contributed by atoms with E-state index < -0.39 is 10.8 Å². The van der Waals surface area contributed by atoms with Crippen LogP contribution in [0.5, 0.6) is 0 Å². The Hall–Kier alpha value is -0.650. The summed E-state index contributed by atoms with van der Waals surface area (Å²) < 4.78 is 12.4. The van der Waals surface area contributed by atoms with Gasteiger partial charge in [-0.05, 0) is 18.2 Å². The number of fused-ring (bicyclic) bond motifs is 1. The van der Waals surface area contributed by atoms with Crippen molar-refractivity contribution in [3.05, 3.63) is 33.9 Å². The third-order valence-corrected chi connectivity index (χ3v) is 5.28. The molecule has 2 aromatic rings. The molecule has 0 atom stereocenters. The second-order valence-corrected chi connectivity index (χ2v) is 7.47. The Balaban J connectivity index is 2.11. The number of hydrogen-bond donors (Lipinski definition) is 0. The van der Waals surface area contributed by atoms with Crippen LogP contribution in [0.1, 0.15) is 0 Å². The molecule has 0 bridgehead atoms. The zero-order valence-corrected chi connectivity index (χ0v) is 13.3. The monoisotopic (exact) mass is 358 g/mol. The average Bonchev–Trinajstić information content (AvgIpc) is 2.39. The van der Waals surface area contributed by atoms with Crippen molar-refractivity contribution in [2.24, 2.45) is 0 Å². The molecule has 100 valence electrons. The van der Waals surface area contributed by atoms with Crippen molar-refractivity contribution in [1.82, 2.24) is 4.98 Å². The second-order valence-electron chi connectivity index (χ2n) is 4.45. The van der Waals surface area contributed by atoms with E-state index >= 15 is 0 Å². The summed E-state index contributed by atoms with van der Waals surface area (Å²) in [4.78, 5) is 6.61. The number of nitrogens with zero attached hydrogens (tertiary/aromatic N) is 2. The molecule has 0 amide bonds. The van der Waals surface area contributed by atoms with Gasteiger partial charge in [0.05, 0.1) is 10.5 Å². The van der Waals surface area contributed by atoms with E-state index in [9.17, 15) is 4.21 Å². The summed E-state index contributed by atoms with van der Waals surface area (Å²) in [5.41, 5.74) is 1.93. The molecular weight excluding hydrogens is 348 g/mol. The molecule has 6 heteroatoms. The van der Waals surface area contributed by atoms with Crippen LogP contribution in [-0.4, -0.2) is 33.8 Å². The van der Waals surface area contributed by atoms with Crippen LogP contribution in [0.25, 0.3) is 10.9 Å². The number of halogens is 2. The maximum absolute atomic E-state index is 11.5. The highest BCUT2D eigenvalue weighted by Crippen LogP contribution is 2.33. The zero-order valence-electron chi connectivity index (χ0n) is 10.1. The van der Waals surface area contributed by atoms with Crippen molar-refractivity contribution in [2.75, 3.05) is 29.5 Å². The molecule has 1 aromatic carbocycles. The summed E-state index contributed by atoms with van der Waals surface area (Å²) in [6, 6.07) is 5.89. The smallest absolute Gasteiger partial charge is 0.0909 e. The van der Waals surface area contributed by atoms with Gasteiger partial charge >= 0.3 is 0 Å². The minimum absolute atomic E-state index is 0.645. The Kier molecular flexibility index (Phi) is 3.78. The summed E-state index contributed by atoms with van der Waals surface area (Å²) >= 11 is 9.71. The van der Waals surface area contributed by atoms with E-state index in [0.29, 0.717) is 5.02 Å². The van der Waals surface area contributed by atoms with Crippen molar-refractivity contribution >= 4 is 54.9 Å². The lowest BCUT2D eigenvalue weighted by Crippen LogP contribution is -2.37. The largest absolute Gasteiger partial charge is 0.369 e. The fourth-order valence-corrected chi connectivity index (χ4v) is 4.23. The highest BCUT2D eigenvalue weighted by atomic mass is 79.9. The highest BCUT2D eigenvalue weighted by molar-refractivity contribution is 9.10. The molecule has 3 nitrogen and oxygen atoms in total. The molecule has 0 saturated carbocycles. The fourth-order valence-electron chi connectivity index (χ4n) is 2.32. The molecule has 0 N–H and O–H groups in total. The number of anilines is 1. The van der Waals surface area contributed by atoms with Gasteiger partial charge in [0.2, 0.25) is 0 Å². The molecule has 1 saturated heterocycles. The van der Waals surface area contributed by atoms with Gasteiger partial charge in [0, 0.05) is 57.1 Å². The average molecular weight is 360 g/mol. The molecule has 1 aliphatic heterocycles. The van der Waals surface area contributed by atoms with Crippen LogP contribution in [0.3, 0.4) is 0 Å². The molecule has 0 radical (unpaired) electrons. The number of pyridine rings is 1. The Bertz CT molecular complexity index is 654. The topological polar surface area (TPSA) is 33.2 Å². The van der Waals surface area contributed by atoms with Gasteiger partial charge < -0.3 is 4.90 Å². The van der Waals surface area contributed by atoms with Crippen molar-refractivity contribution in [1.29, 1.82) is 0 Å². The standard InChI is InChI=1S/C13H12BrClN2OS/c14-9-7-10-12(17-3-5-19(18)6-4-17)1-2-16-13(10)11(15)8-9/h1-2,7-8H,3-6H2. The first-order chi connectivity index (χ1) is 9.15. The van der Waals surface area contributed by atoms with Gasteiger partial charge in [0.25, 0.3) is 0 Å². The molecule has 1 fully saturated rings. The molecule has 2 heterocycles. The summed E-state index contributed by atoms with van der Waals surface area (Å²) in [6.07, 6.45) is 1.78. The fraction of sp³-hybridized carbons (Fsp3) is 0.308. The lowest BCUT2D eigenvalue weighted by atomic mass is 10.1. The first-order valence-corrected chi connectivity index (χ1v) is 8.65. The molecule has 0 unspecified atom stereocenters. The van der Waals surface area contributed by atoms with Gasteiger partial charge in [-0.2, -0.15) is 0 Å². The lowest BCUT2D eigenvalue weighted by Gasteiger charge is -2.29. The molecule has 0 aliphatic carbocycles. The Morgan fingerprint density at radius 1 is 1.32 bits per heavy atom. The maximum Gasteiger partial charge on any atom is 0.0909 e. The van der Waals surface area contributed by atoms with Gasteiger partial charge in [-0.25, -0.2) is 0 Å². The van der Waals surface area contributed by atoms with Crippen LogP contribution in [0.2, 0.25) is 5.02 Å². The van der Waals surface area contributed by atoms with Gasteiger partial charge in [-0.1, -0.05) is 27.5 Å². The molecule has 19 heavy (non-hydrogen) atoms. The normalized spacial score (nSPS) is 17.1. The predicted octanol–water partition coefficient (Wildman–Crippen LogP) is 3.22. The maximum atomic E-state index is 11.5. The highest BCUT2D eigenvalue weighted by Gasteiger charge is 2.18. The van der Waals surface area contributed by atoms with E-state index in [2.05, 4.69) is 25.8 Å². The van der Waals surface area contributed by atoms with Gasteiger partial charge in [-0.15, -0.1) is 0 Å². The third-order valence-electron chi connectivity index (χ3n) is 3.26. The van der Waals surface area contributed by atoms with Crippen molar-refractivity contribution in [3.63, 3.8) is 0 Å². The van der Waals surface area contributed by atoms with Crippen molar-refractivity contribution in [2.45, 2.75) is 0 Å². The lowest BCUT2D eigenvalue weighted by molar-refractivity contribution is 0.673. The summed E-state index contributed by atoms with van der Waals surface area (Å²) in [5, 5.41) is 1.68. The number of benzene rings is 1. The van der Waals surface area contributed by atoms with Gasteiger partial charge in [0.15, 0.2) is 0 Å². The molecule has 1 aliphatic rings. The van der Waals surface area contributed by atoms with Crippen molar-refractivity contribution < 1.29 is 4.21 Å². The minimum Gasteiger partial charge on any atom is -0.369 e. The molecule has 1 aromatic heterocycles. The Morgan fingerprint density at radius 2 is 2.05 bits per heavy atom. The second kappa shape index (κ2) is 5.38. The quantitative estimate of drug-likeness (QED) is 0.784. The van der Waals surface area contributed by atoms with E-state index in [1.54, 1.807) is 6.20 Å². The third kappa shape index (κ3) is 2.64. The molecular formula is C13H12BrClN2OS. The Labute approximate surface area is 127 Å². The first-order valence-electron chi connectivity index (χ1n) is 5.99. The number of rotatable bonds is 1. The number of hydrogen-bond acceptors (Lipinski definition) is 3. The van der Waals surface area contributed by atoms with E-state index in [1.165, 1.54) is 0 Å². The van der Waals surface area contributed by atoms with Crippen molar-refractivity contribution in [3.8, 4) is 0 Å². The summed E-state index contributed by atoms with van der Waals surface area (Å²) in [6.45, 7) is 1.63. The summed E-state index contributed by atoms with van der Waals surface area (Å²) in [5.74, 6) is 1.46. The van der Waals surface area contributed by atoms with Gasteiger partial charge in [-0.3, -0.25) is 9.19 Å². The Morgan fingerprint density at radius 3 is 2.79 bits per heavy atom. The molecule has 3 rings (SSSR count). The van der Waals surface area contributed by atoms with Crippen LogP contribution in [-0.2, 0) is 10.8 Å². The predicted molar refractivity (Wildman–Crippen MR) is 84.5 cm³/mol. The van der Waals surface area contributed by atoms with Gasteiger partial charge in [0.1, 0.15) is 0 Å². The minimum atomic E-state index is -0.670. The van der Waals surface area contributed by atoms with Crippen LogP contribution < -0.4 is 4.90 Å². The van der Waals surface area contributed by atoms with Crippen LogP contribution in [0.15, 0.2) is 28.9 Å². The number of aromatic nitrogens is 1. The SMILES string of the molecule is O=S1CCN(c2ccnc3c(Cl)cc(Br)cc23)CC1. The van der Waals surface area contributed by atoms with E-state index in [-0.39, 0.29) is 0 Å². The van der Waals surface area contributed by atoms with E-state index in [0.717, 1.165) is 45.7 Å². The van der Waals surface area contributed by atoms with E-state index in [4.69, 9.17) is 11.6 Å². The van der Waals surface area contributed by atoms with Crippen LogP contribution in [0, 0.1) is 0 Å². The molecule has 0 spiro atoms. The summed E-state index contributed by atoms with van der Waals surface area (Å²) in [7, 11) is -0.670. The van der Waals surface area contributed by atoms with Crippen LogP contribution >= 0.6 is 27.5 Å². The van der Waals surface area contributed by atoms with Crippen LogP contribution in [0.4, 0.5) is 5.69 Å². The first kappa shape index (κ1) is 13.3. The zero-order chi connectivity index (χ0) is 13.4. The van der Waals surface area contributed by atoms with E-state index in [1.807, 2.05) is 18.2 Å².